The van der Waals surface area contributed by atoms with Gasteiger partial charge in [-0.3, -0.25) is 14.9 Å². The van der Waals surface area contributed by atoms with E-state index >= 15 is 0 Å². The Labute approximate surface area is 181 Å². The highest BCUT2D eigenvalue weighted by Crippen LogP contribution is 2.31. The normalized spacial score (nSPS) is 18.8. The van der Waals surface area contributed by atoms with Crippen molar-refractivity contribution in [3.05, 3.63) is 63.7 Å². The van der Waals surface area contributed by atoms with Crippen LogP contribution in [0.15, 0.2) is 42.5 Å². The van der Waals surface area contributed by atoms with Crippen LogP contribution >= 0.6 is 0 Å². The summed E-state index contributed by atoms with van der Waals surface area (Å²) in [6.45, 7) is 5.85. The molecule has 4 rings (SSSR count). The van der Waals surface area contributed by atoms with Crippen LogP contribution in [0.5, 0.6) is 0 Å². The molecule has 0 bridgehead atoms. The van der Waals surface area contributed by atoms with Gasteiger partial charge in [-0.05, 0) is 43.5 Å². The standard InChI is InChI=1S/C23H28N4O4/c1-17-5-2-3-7-20(17)23(28)26-12-10-25(11-13-26)18-8-9-22(27(29)30)21(15-18)24-16-19-6-4-14-31-19/h2-3,5,7-9,15,19,24H,4,6,10-14,16H2,1H3/t19-/m0/s1. The number of hydrogen-bond donors (Lipinski definition) is 1. The minimum Gasteiger partial charge on any atom is -0.377 e. The third-order valence-corrected chi connectivity index (χ3v) is 6.03. The molecule has 1 atom stereocenters. The average molecular weight is 425 g/mol. The zero-order valence-electron chi connectivity index (χ0n) is 17.8. The van der Waals surface area contributed by atoms with Gasteiger partial charge in [-0.1, -0.05) is 18.2 Å². The molecule has 0 saturated carbocycles. The van der Waals surface area contributed by atoms with E-state index in [1.807, 2.05) is 42.2 Å². The number of anilines is 2. The highest BCUT2D eigenvalue weighted by atomic mass is 16.6. The van der Waals surface area contributed by atoms with Crippen LogP contribution in [-0.2, 0) is 4.74 Å². The van der Waals surface area contributed by atoms with Crippen molar-refractivity contribution in [2.24, 2.45) is 0 Å². The van der Waals surface area contributed by atoms with Crippen LogP contribution in [0, 0.1) is 17.0 Å². The molecule has 2 saturated heterocycles. The summed E-state index contributed by atoms with van der Waals surface area (Å²) in [7, 11) is 0. The van der Waals surface area contributed by atoms with Gasteiger partial charge in [0.1, 0.15) is 5.69 Å². The zero-order valence-corrected chi connectivity index (χ0v) is 17.8. The molecule has 8 heteroatoms. The Morgan fingerprint density at radius 2 is 1.97 bits per heavy atom. The molecule has 1 amide bonds. The monoisotopic (exact) mass is 424 g/mol. The average Bonchev–Trinajstić information content (AvgIpc) is 3.31. The molecule has 0 radical (unpaired) electrons. The quantitative estimate of drug-likeness (QED) is 0.564. The maximum absolute atomic E-state index is 12.9. The molecular weight excluding hydrogens is 396 g/mol. The van der Waals surface area contributed by atoms with E-state index in [0.717, 1.165) is 36.3 Å². The fraction of sp³-hybridized carbons (Fsp3) is 0.435. The van der Waals surface area contributed by atoms with E-state index in [4.69, 9.17) is 4.74 Å². The van der Waals surface area contributed by atoms with Gasteiger partial charge in [0.05, 0.1) is 11.0 Å². The molecule has 0 aliphatic carbocycles. The van der Waals surface area contributed by atoms with E-state index in [1.54, 1.807) is 12.1 Å². The highest BCUT2D eigenvalue weighted by molar-refractivity contribution is 5.95. The van der Waals surface area contributed by atoms with Gasteiger partial charge in [0.15, 0.2) is 0 Å². The Bertz CT molecular complexity index is 950. The minimum absolute atomic E-state index is 0.0559. The number of carbonyl (C=O) groups is 1. The molecule has 31 heavy (non-hydrogen) atoms. The summed E-state index contributed by atoms with van der Waals surface area (Å²) in [5.41, 5.74) is 3.22. The van der Waals surface area contributed by atoms with Gasteiger partial charge in [0, 0.05) is 56.6 Å². The Morgan fingerprint density at radius 1 is 1.19 bits per heavy atom. The van der Waals surface area contributed by atoms with E-state index in [-0.39, 0.29) is 22.6 Å². The first kappa shape index (κ1) is 21.1. The van der Waals surface area contributed by atoms with Crippen LogP contribution in [-0.4, -0.2) is 61.2 Å². The Morgan fingerprint density at radius 3 is 2.65 bits per heavy atom. The summed E-state index contributed by atoms with van der Waals surface area (Å²) in [5, 5.41) is 14.7. The van der Waals surface area contributed by atoms with E-state index in [0.29, 0.717) is 38.4 Å². The number of nitrogens with zero attached hydrogens (tertiary/aromatic N) is 3. The number of piperazine rings is 1. The lowest BCUT2D eigenvalue weighted by Crippen LogP contribution is -2.49. The fourth-order valence-electron chi connectivity index (χ4n) is 4.20. The number of aryl methyl sites for hydroxylation is 1. The lowest BCUT2D eigenvalue weighted by atomic mass is 10.1. The lowest BCUT2D eigenvalue weighted by molar-refractivity contribution is -0.383. The van der Waals surface area contributed by atoms with Gasteiger partial charge in [0.2, 0.25) is 0 Å². The van der Waals surface area contributed by atoms with Crippen LogP contribution < -0.4 is 10.2 Å². The molecule has 2 heterocycles. The van der Waals surface area contributed by atoms with Gasteiger partial charge >= 0.3 is 0 Å². The molecule has 2 aliphatic rings. The van der Waals surface area contributed by atoms with E-state index in [2.05, 4.69) is 10.2 Å². The minimum atomic E-state index is -0.361. The van der Waals surface area contributed by atoms with Crippen molar-refractivity contribution in [1.29, 1.82) is 0 Å². The Balaban J connectivity index is 1.42. The van der Waals surface area contributed by atoms with Crippen molar-refractivity contribution in [3.63, 3.8) is 0 Å². The number of rotatable bonds is 6. The second kappa shape index (κ2) is 9.34. The smallest absolute Gasteiger partial charge is 0.292 e. The van der Waals surface area contributed by atoms with Crippen molar-refractivity contribution in [3.8, 4) is 0 Å². The number of nitrogens with one attached hydrogen (secondary N) is 1. The number of benzene rings is 2. The van der Waals surface area contributed by atoms with Gasteiger partial charge in [-0.15, -0.1) is 0 Å². The van der Waals surface area contributed by atoms with Crippen molar-refractivity contribution in [2.45, 2.75) is 25.9 Å². The summed E-state index contributed by atoms with van der Waals surface area (Å²) >= 11 is 0. The maximum Gasteiger partial charge on any atom is 0.292 e. The second-order valence-corrected chi connectivity index (χ2v) is 8.07. The second-order valence-electron chi connectivity index (χ2n) is 8.07. The van der Waals surface area contributed by atoms with E-state index in [1.165, 1.54) is 0 Å². The van der Waals surface area contributed by atoms with E-state index in [9.17, 15) is 14.9 Å². The molecule has 2 fully saturated rings. The molecule has 2 aromatic rings. The van der Waals surface area contributed by atoms with Gasteiger partial charge < -0.3 is 19.9 Å². The molecule has 2 aromatic carbocycles. The molecule has 2 aliphatic heterocycles. The largest absolute Gasteiger partial charge is 0.377 e. The third-order valence-electron chi connectivity index (χ3n) is 6.03. The van der Waals surface area contributed by atoms with Crippen molar-refractivity contribution in [1.82, 2.24) is 4.90 Å². The number of ether oxygens (including phenoxy) is 1. The first-order valence-corrected chi connectivity index (χ1v) is 10.8. The third kappa shape index (κ3) is 4.80. The fourth-order valence-corrected chi connectivity index (χ4v) is 4.20. The molecule has 0 spiro atoms. The predicted molar refractivity (Wildman–Crippen MR) is 120 cm³/mol. The van der Waals surface area contributed by atoms with E-state index < -0.39 is 0 Å². The summed E-state index contributed by atoms with van der Waals surface area (Å²) in [6, 6.07) is 12.8. The highest BCUT2D eigenvalue weighted by Gasteiger charge is 2.25. The predicted octanol–water partition coefficient (Wildman–Crippen LogP) is 3.46. The van der Waals surface area contributed by atoms with Crippen molar-refractivity contribution in [2.75, 3.05) is 49.5 Å². The van der Waals surface area contributed by atoms with Crippen LogP contribution in [0.1, 0.15) is 28.8 Å². The molecular formula is C23H28N4O4. The Hall–Kier alpha value is -3.13. The maximum atomic E-state index is 12.9. The molecule has 0 aromatic heterocycles. The van der Waals surface area contributed by atoms with Crippen molar-refractivity contribution >= 4 is 23.0 Å². The summed E-state index contributed by atoms with van der Waals surface area (Å²) in [5.74, 6) is 0.0559. The summed E-state index contributed by atoms with van der Waals surface area (Å²) in [4.78, 5) is 28.0. The molecule has 8 nitrogen and oxygen atoms in total. The summed E-state index contributed by atoms with van der Waals surface area (Å²) in [6.07, 6.45) is 2.09. The molecule has 1 N–H and O–H groups in total. The number of hydrogen-bond acceptors (Lipinski definition) is 6. The number of amides is 1. The first-order valence-electron chi connectivity index (χ1n) is 10.8. The SMILES string of the molecule is Cc1ccccc1C(=O)N1CCN(c2ccc([N+](=O)[O-])c(NC[C@@H]3CCCO3)c2)CC1. The van der Waals surface area contributed by atoms with Crippen LogP contribution in [0.3, 0.4) is 0 Å². The van der Waals surface area contributed by atoms with Gasteiger partial charge in [0.25, 0.3) is 11.6 Å². The number of carbonyl (C=O) groups excluding carboxylic acids is 1. The first-order chi connectivity index (χ1) is 15.0. The lowest BCUT2D eigenvalue weighted by Gasteiger charge is -2.36. The van der Waals surface area contributed by atoms with Crippen LogP contribution in [0.25, 0.3) is 0 Å². The topological polar surface area (TPSA) is 88.0 Å². The number of nitro groups is 1. The van der Waals surface area contributed by atoms with Crippen molar-refractivity contribution < 1.29 is 14.5 Å². The van der Waals surface area contributed by atoms with Crippen LogP contribution in [0.2, 0.25) is 0 Å². The number of nitro benzene ring substituents is 1. The van der Waals surface area contributed by atoms with Gasteiger partial charge in [-0.25, -0.2) is 0 Å². The Kier molecular flexibility index (Phi) is 6.36. The molecule has 0 unspecified atom stereocenters. The zero-order chi connectivity index (χ0) is 21.8. The molecule has 164 valence electrons. The van der Waals surface area contributed by atoms with Crippen LogP contribution in [0.4, 0.5) is 17.1 Å². The van der Waals surface area contributed by atoms with Gasteiger partial charge in [-0.2, -0.15) is 0 Å². The summed E-state index contributed by atoms with van der Waals surface area (Å²) < 4.78 is 5.62.